The molecule has 1 rings (SSSR count). The maximum absolute atomic E-state index is 8.83. The topological polar surface area (TPSA) is 36.7 Å². The van der Waals surface area contributed by atoms with Crippen molar-refractivity contribution in [3.8, 4) is 6.07 Å². The van der Waals surface area contributed by atoms with Crippen LogP contribution in [-0.2, 0) is 5.41 Å². The van der Waals surface area contributed by atoms with Gasteiger partial charge in [0.2, 0.25) is 0 Å². The summed E-state index contributed by atoms with van der Waals surface area (Å²) in [5.74, 6) is 0. The van der Waals surface area contributed by atoms with Crippen LogP contribution in [0, 0.1) is 11.3 Å². The Morgan fingerprint density at radius 1 is 1.58 bits per heavy atom. The van der Waals surface area contributed by atoms with Crippen LogP contribution in [0.1, 0.15) is 19.5 Å². The molecule has 0 aliphatic heterocycles. The van der Waals surface area contributed by atoms with E-state index in [-0.39, 0.29) is 0 Å². The minimum atomic E-state index is -0.510. The lowest BCUT2D eigenvalue weighted by Gasteiger charge is -2.13. The number of halogens is 1. The molecule has 0 saturated heterocycles. The van der Waals surface area contributed by atoms with Crippen LogP contribution in [0.5, 0.6) is 0 Å². The number of pyridine rings is 1. The first-order valence-corrected chi connectivity index (χ1v) is 4.39. The molecule has 0 aromatic carbocycles. The SMILES string of the molecule is CC(C)(C#N)c1cc(Br)ccn1. The van der Waals surface area contributed by atoms with Gasteiger partial charge >= 0.3 is 0 Å². The van der Waals surface area contributed by atoms with Gasteiger partial charge in [-0.1, -0.05) is 15.9 Å². The molecule has 0 N–H and O–H groups in total. The summed E-state index contributed by atoms with van der Waals surface area (Å²) >= 11 is 3.33. The Kier molecular flexibility index (Phi) is 2.49. The maximum Gasteiger partial charge on any atom is 0.0937 e. The molecular formula is C9H9BrN2. The fraction of sp³-hybridized carbons (Fsp3) is 0.333. The third-order valence-electron chi connectivity index (χ3n) is 1.64. The molecule has 0 aliphatic carbocycles. The fourth-order valence-electron chi connectivity index (χ4n) is 0.804. The van der Waals surface area contributed by atoms with Crippen LogP contribution in [-0.4, -0.2) is 4.98 Å². The zero-order chi connectivity index (χ0) is 9.19. The molecule has 0 fully saturated rings. The second-order valence-corrected chi connectivity index (χ2v) is 4.01. The largest absolute Gasteiger partial charge is 0.260 e. The molecule has 62 valence electrons. The highest BCUT2D eigenvalue weighted by atomic mass is 79.9. The van der Waals surface area contributed by atoms with E-state index in [1.807, 2.05) is 26.0 Å². The molecular weight excluding hydrogens is 216 g/mol. The second-order valence-electron chi connectivity index (χ2n) is 3.10. The first-order valence-electron chi connectivity index (χ1n) is 3.59. The van der Waals surface area contributed by atoms with Crippen molar-refractivity contribution in [2.75, 3.05) is 0 Å². The molecule has 2 nitrogen and oxygen atoms in total. The van der Waals surface area contributed by atoms with Crippen LogP contribution in [0.4, 0.5) is 0 Å². The van der Waals surface area contributed by atoms with Gasteiger partial charge in [-0.15, -0.1) is 0 Å². The predicted molar refractivity (Wildman–Crippen MR) is 50.6 cm³/mol. The Balaban J connectivity index is 3.14. The first kappa shape index (κ1) is 9.21. The van der Waals surface area contributed by atoms with E-state index >= 15 is 0 Å². The van der Waals surface area contributed by atoms with E-state index in [0.29, 0.717) is 0 Å². The molecule has 1 heterocycles. The third kappa shape index (κ3) is 1.83. The molecule has 0 bridgehead atoms. The van der Waals surface area contributed by atoms with Crippen molar-refractivity contribution in [2.24, 2.45) is 0 Å². The van der Waals surface area contributed by atoms with Gasteiger partial charge in [0.15, 0.2) is 0 Å². The van der Waals surface area contributed by atoms with Crippen molar-refractivity contribution >= 4 is 15.9 Å². The molecule has 0 saturated carbocycles. The minimum Gasteiger partial charge on any atom is -0.260 e. The van der Waals surface area contributed by atoms with Crippen LogP contribution >= 0.6 is 15.9 Å². The summed E-state index contributed by atoms with van der Waals surface area (Å²) in [7, 11) is 0. The van der Waals surface area contributed by atoms with Crippen molar-refractivity contribution in [3.63, 3.8) is 0 Å². The van der Waals surface area contributed by atoms with Crippen LogP contribution in [0.2, 0.25) is 0 Å². The number of nitrogens with zero attached hydrogens (tertiary/aromatic N) is 2. The lowest BCUT2D eigenvalue weighted by Crippen LogP contribution is -2.15. The summed E-state index contributed by atoms with van der Waals surface area (Å²) in [6.45, 7) is 3.70. The summed E-state index contributed by atoms with van der Waals surface area (Å²) in [6, 6.07) is 5.91. The van der Waals surface area contributed by atoms with Gasteiger partial charge in [-0.25, -0.2) is 0 Å². The molecule has 0 spiro atoms. The van der Waals surface area contributed by atoms with Crippen LogP contribution in [0.15, 0.2) is 22.8 Å². The molecule has 3 heteroatoms. The molecule has 12 heavy (non-hydrogen) atoms. The molecule has 0 radical (unpaired) electrons. The summed E-state index contributed by atoms with van der Waals surface area (Å²) in [6.07, 6.45) is 1.69. The van der Waals surface area contributed by atoms with Gasteiger partial charge in [0, 0.05) is 10.7 Å². The van der Waals surface area contributed by atoms with Gasteiger partial charge in [-0.05, 0) is 26.0 Å². The molecule has 0 atom stereocenters. The van der Waals surface area contributed by atoms with Gasteiger partial charge in [-0.3, -0.25) is 4.98 Å². The lowest BCUT2D eigenvalue weighted by atomic mass is 9.91. The summed E-state index contributed by atoms with van der Waals surface area (Å²) < 4.78 is 0.954. The van der Waals surface area contributed by atoms with Gasteiger partial charge in [-0.2, -0.15) is 5.26 Å². The van der Waals surface area contributed by atoms with Gasteiger partial charge < -0.3 is 0 Å². The predicted octanol–water partition coefficient (Wildman–Crippen LogP) is 2.65. The smallest absolute Gasteiger partial charge is 0.0937 e. The van der Waals surface area contributed by atoms with E-state index in [1.54, 1.807) is 6.20 Å². The highest BCUT2D eigenvalue weighted by Gasteiger charge is 2.20. The number of nitriles is 1. The van der Waals surface area contributed by atoms with E-state index in [0.717, 1.165) is 10.2 Å². The van der Waals surface area contributed by atoms with Crippen molar-refractivity contribution in [1.29, 1.82) is 5.26 Å². The monoisotopic (exact) mass is 224 g/mol. The Bertz CT molecular complexity index is 326. The summed E-state index contributed by atoms with van der Waals surface area (Å²) in [5.41, 5.74) is 0.281. The quantitative estimate of drug-likeness (QED) is 0.736. The average molecular weight is 225 g/mol. The molecule has 0 amide bonds. The highest BCUT2D eigenvalue weighted by Crippen LogP contribution is 2.22. The zero-order valence-electron chi connectivity index (χ0n) is 7.00. The standard InChI is InChI=1S/C9H9BrN2/c1-9(2,6-11)8-5-7(10)3-4-12-8/h3-5H,1-2H3. The van der Waals surface area contributed by atoms with E-state index in [4.69, 9.17) is 5.26 Å². The molecule has 0 unspecified atom stereocenters. The van der Waals surface area contributed by atoms with Gasteiger partial charge in [0.25, 0.3) is 0 Å². The van der Waals surface area contributed by atoms with E-state index in [1.165, 1.54) is 0 Å². The Morgan fingerprint density at radius 3 is 2.75 bits per heavy atom. The number of hydrogen-bond acceptors (Lipinski definition) is 2. The highest BCUT2D eigenvalue weighted by molar-refractivity contribution is 9.10. The Morgan fingerprint density at radius 2 is 2.25 bits per heavy atom. The average Bonchev–Trinajstić information content (AvgIpc) is 2.05. The maximum atomic E-state index is 8.83. The zero-order valence-corrected chi connectivity index (χ0v) is 8.59. The number of hydrogen-bond donors (Lipinski definition) is 0. The molecule has 0 aliphatic rings. The molecule has 1 aromatic rings. The second kappa shape index (κ2) is 3.24. The normalized spacial score (nSPS) is 10.8. The van der Waals surface area contributed by atoms with Crippen LogP contribution < -0.4 is 0 Å². The van der Waals surface area contributed by atoms with E-state index in [9.17, 15) is 0 Å². The Labute approximate surface area is 80.4 Å². The Hall–Kier alpha value is -0.880. The number of rotatable bonds is 1. The van der Waals surface area contributed by atoms with Gasteiger partial charge in [0.1, 0.15) is 0 Å². The van der Waals surface area contributed by atoms with E-state index < -0.39 is 5.41 Å². The molecule has 1 aromatic heterocycles. The summed E-state index contributed by atoms with van der Waals surface area (Å²) in [5, 5.41) is 8.83. The third-order valence-corrected chi connectivity index (χ3v) is 2.14. The summed E-state index contributed by atoms with van der Waals surface area (Å²) in [4.78, 5) is 4.13. The number of aromatic nitrogens is 1. The van der Waals surface area contributed by atoms with Gasteiger partial charge in [0.05, 0.1) is 17.2 Å². The van der Waals surface area contributed by atoms with Crippen LogP contribution in [0.3, 0.4) is 0 Å². The lowest BCUT2D eigenvalue weighted by molar-refractivity contribution is 0.659. The minimum absolute atomic E-state index is 0.510. The van der Waals surface area contributed by atoms with Crippen molar-refractivity contribution in [1.82, 2.24) is 4.98 Å². The van der Waals surface area contributed by atoms with E-state index in [2.05, 4.69) is 27.0 Å². The van der Waals surface area contributed by atoms with Crippen molar-refractivity contribution in [3.05, 3.63) is 28.5 Å². The fourth-order valence-corrected chi connectivity index (χ4v) is 1.14. The first-order chi connectivity index (χ1) is 5.56. The van der Waals surface area contributed by atoms with Crippen molar-refractivity contribution in [2.45, 2.75) is 19.3 Å². The van der Waals surface area contributed by atoms with Crippen LogP contribution in [0.25, 0.3) is 0 Å². The van der Waals surface area contributed by atoms with Crippen molar-refractivity contribution < 1.29 is 0 Å².